The smallest absolute Gasteiger partial charge is 0.303 e. The molecule has 5 N–H and O–H groups in total. The second-order valence-corrected chi connectivity index (χ2v) is 11.3. The molecule has 0 saturated carbocycles. The van der Waals surface area contributed by atoms with Gasteiger partial charge in [0.25, 0.3) is 11.8 Å². The van der Waals surface area contributed by atoms with E-state index in [1.165, 1.54) is 0 Å². The van der Waals surface area contributed by atoms with Crippen molar-refractivity contribution in [1.29, 1.82) is 0 Å². The van der Waals surface area contributed by atoms with Gasteiger partial charge in [-0.1, -0.05) is 19.6 Å². The number of carboxylic acids is 2. The van der Waals surface area contributed by atoms with Gasteiger partial charge in [-0.15, -0.1) is 0 Å². The minimum atomic E-state index is -0.922. The Hall–Kier alpha value is -4.99. The van der Waals surface area contributed by atoms with E-state index in [1.807, 2.05) is 32.1 Å². The second kappa shape index (κ2) is 12.3. The third-order valence-corrected chi connectivity index (χ3v) is 8.62. The van der Waals surface area contributed by atoms with E-state index in [0.29, 0.717) is 58.6 Å². The van der Waals surface area contributed by atoms with Crippen molar-refractivity contribution in [2.45, 2.75) is 72.1 Å². The van der Waals surface area contributed by atoms with Crippen LogP contribution in [0.5, 0.6) is 0 Å². The summed E-state index contributed by atoms with van der Waals surface area (Å²) >= 11 is 0. The number of aliphatic imine (C=N–C) groups is 1. The molecule has 2 aromatic rings. The molecule has 10 nitrogen and oxygen atoms in total. The number of hydrogen-bond acceptors (Lipinski definition) is 4. The first kappa shape index (κ1) is 30.5. The zero-order valence-corrected chi connectivity index (χ0v) is 25.1. The molecule has 0 atom stereocenters. The Balaban J connectivity index is 1.70. The number of aromatic nitrogens is 2. The molecule has 5 rings (SSSR count). The first-order valence-corrected chi connectivity index (χ1v) is 14.8. The van der Waals surface area contributed by atoms with Crippen molar-refractivity contribution >= 4 is 47.7 Å². The lowest BCUT2D eigenvalue weighted by Gasteiger charge is -2.10. The minimum absolute atomic E-state index is 0.0572. The summed E-state index contributed by atoms with van der Waals surface area (Å²) in [6, 6.07) is 0. The Bertz CT molecular complexity index is 1880. The highest BCUT2D eigenvalue weighted by atomic mass is 16.4. The summed E-state index contributed by atoms with van der Waals surface area (Å²) in [6.07, 6.45) is 10.5. The number of H-pyrrole nitrogens is 2. The number of nitrogens with zero attached hydrogens (tertiary/aromatic N) is 1. The molecule has 4 heterocycles. The molecule has 0 unspecified atom stereocenters. The maximum absolute atomic E-state index is 12.6. The van der Waals surface area contributed by atoms with E-state index in [1.54, 1.807) is 13.0 Å². The minimum Gasteiger partial charge on any atom is -0.481 e. The standard InChI is InChI=1S/C34H36N4O6/c1-5-19-18(4)33(43)37-26(19)14-25-17(3)21(10-12-31(39)40)27(35-25)15-29-24(11-13-32(41)42)23-9-7-8-22-20(6-2)34(44)38-30(22)16-28(23)36-29/h5,14-16,35-36H,1,6-13H2,2-4H3,(H,37,43)(H,39,40)(H,41,42)/b26-14-,28-16+,29-15-. The van der Waals surface area contributed by atoms with Crippen molar-refractivity contribution in [3.63, 3.8) is 0 Å². The van der Waals surface area contributed by atoms with Crippen LogP contribution in [0, 0.1) is 6.92 Å². The number of carbonyl (C=O) groups excluding carboxylic acids is 2. The molecule has 3 aliphatic rings. The highest BCUT2D eigenvalue weighted by molar-refractivity contribution is 6.31. The van der Waals surface area contributed by atoms with Gasteiger partial charge in [0.2, 0.25) is 0 Å². The van der Waals surface area contributed by atoms with E-state index >= 15 is 0 Å². The van der Waals surface area contributed by atoms with Crippen LogP contribution in [-0.2, 0) is 38.4 Å². The van der Waals surface area contributed by atoms with E-state index < -0.39 is 11.9 Å². The fourth-order valence-corrected chi connectivity index (χ4v) is 6.31. The number of hydrogen-bond donors (Lipinski definition) is 5. The Labute approximate surface area is 254 Å². The molecule has 0 aromatic carbocycles. The fraction of sp³-hybridized carbons (Fsp3) is 0.324. The first-order valence-electron chi connectivity index (χ1n) is 14.8. The van der Waals surface area contributed by atoms with Crippen molar-refractivity contribution < 1.29 is 29.4 Å². The van der Waals surface area contributed by atoms with Crippen molar-refractivity contribution in [3.8, 4) is 0 Å². The topological polar surface area (TPSA) is 165 Å². The number of carbonyl (C=O) groups is 4. The van der Waals surface area contributed by atoms with Gasteiger partial charge < -0.3 is 25.5 Å². The first-order chi connectivity index (χ1) is 21.0. The van der Waals surface area contributed by atoms with Crippen LogP contribution >= 0.6 is 0 Å². The molecule has 0 radical (unpaired) electrons. The molecule has 0 spiro atoms. The van der Waals surface area contributed by atoms with E-state index in [9.17, 15) is 29.4 Å². The molecule has 0 fully saturated rings. The fourth-order valence-electron chi connectivity index (χ4n) is 6.31. The molecule has 2 aromatic heterocycles. The Morgan fingerprint density at radius 1 is 1.00 bits per heavy atom. The molecular weight excluding hydrogens is 560 g/mol. The third kappa shape index (κ3) is 5.79. The predicted molar refractivity (Wildman–Crippen MR) is 167 cm³/mol. The molecule has 10 heteroatoms. The van der Waals surface area contributed by atoms with Gasteiger partial charge in [0.1, 0.15) is 0 Å². The number of amides is 2. The normalized spacial score (nSPS) is 18.5. The maximum atomic E-state index is 12.6. The molecule has 44 heavy (non-hydrogen) atoms. The molecule has 0 saturated heterocycles. The zero-order valence-electron chi connectivity index (χ0n) is 25.1. The van der Waals surface area contributed by atoms with Crippen LogP contribution in [0.25, 0.3) is 18.2 Å². The average molecular weight is 597 g/mol. The predicted octanol–water partition coefficient (Wildman–Crippen LogP) is 3.29. The molecule has 2 amide bonds. The lowest BCUT2D eigenvalue weighted by atomic mass is 9.92. The van der Waals surface area contributed by atoms with Gasteiger partial charge in [0, 0.05) is 51.6 Å². The summed E-state index contributed by atoms with van der Waals surface area (Å²) in [5.41, 5.74) is 9.17. The molecule has 0 bridgehead atoms. The summed E-state index contributed by atoms with van der Waals surface area (Å²) in [7, 11) is 0. The largest absolute Gasteiger partial charge is 0.481 e. The van der Waals surface area contributed by atoms with Gasteiger partial charge in [-0.25, -0.2) is 4.99 Å². The van der Waals surface area contributed by atoms with Gasteiger partial charge in [-0.3, -0.25) is 19.2 Å². The van der Waals surface area contributed by atoms with Crippen molar-refractivity contribution in [1.82, 2.24) is 15.3 Å². The number of aromatic amines is 2. The van der Waals surface area contributed by atoms with E-state index in [4.69, 9.17) is 0 Å². The lowest BCUT2D eigenvalue weighted by molar-refractivity contribution is -0.138. The third-order valence-electron chi connectivity index (χ3n) is 8.62. The Morgan fingerprint density at radius 2 is 1.70 bits per heavy atom. The molecule has 1 aliphatic carbocycles. The van der Waals surface area contributed by atoms with Crippen molar-refractivity contribution in [2.75, 3.05) is 0 Å². The summed E-state index contributed by atoms with van der Waals surface area (Å²) in [5.74, 6) is -2.23. The maximum Gasteiger partial charge on any atom is 0.303 e. The van der Waals surface area contributed by atoms with Gasteiger partial charge in [0.15, 0.2) is 0 Å². The summed E-state index contributed by atoms with van der Waals surface area (Å²) in [6.45, 7) is 9.42. The summed E-state index contributed by atoms with van der Waals surface area (Å²) in [4.78, 5) is 59.3. The summed E-state index contributed by atoms with van der Waals surface area (Å²) in [5, 5.41) is 23.4. The van der Waals surface area contributed by atoms with Gasteiger partial charge in [-0.05, 0) is 98.4 Å². The van der Waals surface area contributed by atoms with Crippen LogP contribution in [0.15, 0.2) is 45.6 Å². The number of carboxylic acid groups (broad SMARTS) is 2. The number of allylic oxidation sites excluding steroid dienone is 2. The van der Waals surface area contributed by atoms with E-state index in [0.717, 1.165) is 51.6 Å². The van der Waals surface area contributed by atoms with Gasteiger partial charge in [-0.2, -0.15) is 0 Å². The quantitative estimate of drug-likeness (QED) is 0.282. The zero-order chi connectivity index (χ0) is 31.7. The summed E-state index contributed by atoms with van der Waals surface area (Å²) < 4.78 is 0. The second-order valence-electron chi connectivity index (χ2n) is 11.3. The molecule has 2 aliphatic heterocycles. The van der Waals surface area contributed by atoms with E-state index in [2.05, 4.69) is 26.9 Å². The van der Waals surface area contributed by atoms with Crippen LogP contribution in [0.1, 0.15) is 79.6 Å². The lowest BCUT2D eigenvalue weighted by Crippen LogP contribution is -2.17. The van der Waals surface area contributed by atoms with E-state index in [-0.39, 0.29) is 31.1 Å². The van der Waals surface area contributed by atoms with Crippen molar-refractivity contribution in [3.05, 3.63) is 85.0 Å². The molecular formula is C34H36N4O6. The number of nitrogens with one attached hydrogen (secondary N) is 3. The van der Waals surface area contributed by atoms with Gasteiger partial charge in [0.05, 0.1) is 11.4 Å². The van der Waals surface area contributed by atoms with Crippen LogP contribution in [0.2, 0.25) is 0 Å². The number of fused-ring (bicyclic) bond motifs is 2. The SMILES string of the molecule is C=CC1=C(C)C(=O)N/C1=C\c1[nH]c(/C=c2\[nH]/c3c(c2CCC(=O)O)CCCC2=C(CC)C(=O)N=C2\C=3)c(CCC(=O)O)c1C. The van der Waals surface area contributed by atoms with Gasteiger partial charge >= 0.3 is 11.9 Å². The van der Waals surface area contributed by atoms with Crippen LogP contribution in [0.3, 0.4) is 0 Å². The number of aliphatic carboxylic acids is 2. The highest BCUT2D eigenvalue weighted by Gasteiger charge is 2.26. The highest BCUT2D eigenvalue weighted by Crippen LogP contribution is 2.29. The van der Waals surface area contributed by atoms with Crippen molar-refractivity contribution in [2.24, 2.45) is 4.99 Å². The van der Waals surface area contributed by atoms with Crippen LogP contribution in [0.4, 0.5) is 0 Å². The monoisotopic (exact) mass is 596 g/mol. The average Bonchev–Trinajstić information content (AvgIpc) is 3.62. The number of rotatable bonds is 10. The van der Waals surface area contributed by atoms with Crippen LogP contribution < -0.4 is 16.0 Å². The molecule has 228 valence electrons. The van der Waals surface area contributed by atoms with Crippen LogP contribution in [-0.4, -0.2) is 49.6 Å². The Morgan fingerprint density at radius 3 is 2.36 bits per heavy atom. The Kier molecular flexibility index (Phi) is 8.53.